The maximum Gasteiger partial charge on any atom is 0.223 e. The van der Waals surface area contributed by atoms with Gasteiger partial charge in [0.15, 0.2) is 0 Å². The molecule has 1 amide bonds. The first-order valence-corrected chi connectivity index (χ1v) is 11.0. The molecule has 27 heavy (non-hydrogen) atoms. The molecule has 4 saturated carbocycles. The van der Waals surface area contributed by atoms with Crippen molar-refractivity contribution < 1.29 is 9.32 Å². The van der Waals surface area contributed by atoms with Gasteiger partial charge in [-0.2, -0.15) is 0 Å². The van der Waals surface area contributed by atoms with Crippen LogP contribution in [0.2, 0.25) is 0 Å². The molecule has 6 rings (SSSR count). The van der Waals surface area contributed by atoms with Crippen molar-refractivity contribution in [3.05, 3.63) is 17.5 Å². The van der Waals surface area contributed by atoms with Gasteiger partial charge >= 0.3 is 0 Å². The SMILES string of the molecule is Cc1cc(CN2CCCN(C(=O)CC34CC5CC(CC(C5)C3)C4)CC2)no1. The summed E-state index contributed by atoms with van der Waals surface area (Å²) < 4.78 is 5.19. The summed E-state index contributed by atoms with van der Waals surface area (Å²) in [5.41, 5.74) is 1.36. The number of nitrogens with zero attached hydrogens (tertiary/aromatic N) is 3. The summed E-state index contributed by atoms with van der Waals surface area (Å²) in [5.74, 6) is 4.07. The fraction of sp³-hybridized carbons (Fsp3) is 0.818. The molecule has 1 aliphatic heterocycles. The van der Waals surface area contributed by atoms with E-state index in [9.17, 15) is 4.79 Å². The van der Waals surface area contributed by atoms with Gasteiger partial charge < -0.3 is 9.42 Å². The lowest BCUT2D eigenvalue weighted by Gasteiger charge is -2.57. The number of carbonyl (C=O) groups excluding carboxylic acids is 1. The highest BCUT2D eigenvalue weighted by Crippen LogP contribution is 2.61. The molecule has 0 unspecified atom stereocenters. The van der Waals surface area contributed by atoms with Gasteiger partial charge in [-0.25, -0.2) is 0 Å². The molecule has 1 aromatic rings. The summed E-state index contributed by atoms with van der Waals surface area (Å²) in [5, 5.41) is 4.12. The van der Waals surface area contributed by atoms with E-state index in [1.54, 1.807) is 0 Å². The van der Waals surface area contributed by atoms with E-state index in [0.29, 0.717) is 11.3 Å². The Balaban J connectivity index is 1.18. The van der Waals surface area contributed by atoms with Gasteiger partial charge in [0, 0.05) is 45.2 Å². The third-order valence-corrected chi connectivity index (χ3v) is 7.69. The van der Waals surface area contributed by atoms with Gasteiger partial charge in [-0.1, -0.05) is 5.16 Å². The molecule has 2 heterocycles. The molecule has 4 aliphatic carbocycles. The average Bonchev–Trinajstić information content (AvgIpc) is 2.86. The van der Waals surface area contributed by atoms with Crippen LogP contribution < -0.4 is 0 Å². The second-order valence-corrected chi connectivity index (χ2v) is 10.0. The molecule has 0 atom stereocenters. The van der Waals surface area contributed by atoms with Crippen LogP contribution in [0.3, 0.4) is 0 Å². The minimum absolute atomic E-state index is 0.357. The quantitative estimate of drug-likeness (QED) is 0.811. The first kappa shape index (κ1) is 17.7. The van der Waals surface area contributed by atoms with Crippen molar-refractivity contribution in [1.29, 1.82) is 0 Å². The summed E-state index contributed by atoms with van der Waals surface area (Å²) in [4.78, 5) is 17.8. The van der Waals surface area contributed by atoms with Gasteiger partial charge in [-0.05, 0) is 75.0 Å². The van der Waals surface area contributed by atoms with Gasteiger partial charge in [-0.3, -0.25) is 9.69 Å². The summed E-state index contributed by atoms with van der Waals surface area (Å²) in [6, 6.07) is 2.01. The average molecular weight is 372 g/mol. The molecule has 0 aromatic carbocycles. The van der Waals surface area contributed by atoms with Crippen molar-refractivity contribution in [3.8, 4) is 0 Å². The fourth-order valence-electron chi connectivity index (χ4n) is 7.04. The maximum absolute atomic E-state index is 13.2. The Morgan fingerprint density at radius 2 is 1.81 bits per heavy atom. The molecule has 5 heteroatoms. The topological polar surface area (TPSA) is 49.6 Å². The normalized spacial score (nSPS) is 36.2. The second-order valence-electron chi connectivity index (χ2n) is 10.0. The van der Waals surface area contributed by atoms with E-state index in [0.717, 1.165) is 74.8 Å². The van der Waals surface area contributed by atoms with E-state index < -0.39 is 0 Å². The predicted octanol–water partition coefficient (Wildman–Crippen LogP) is 3.62. The molecule has 4 bridgehead atoms. The van der Waals surface area contributed by atoms with E-state index in [1.165, 1.54) is 38.5 Å². The molecule has 5 fully saturated rings. The van der Waals surface area contributed by atoms with E-state index in [4.69, 9.17) is 4.52 Å². The molecule has 1 saturated heterocycles. The van der Waals surface area contributed by atoms with Crippen LogP contribution in [0.1, 0.15) is 62.8 Å². The Labute approximate surface area is 162 Å². The summed E-state index contributed by atoms with van der Waals surface area (Å²) in [6.45, 7) is 6.52. The number of hydrogen-bond acceptors (Lipinski definition) is 4. The molecule has 148 valence electrons. The number of aryl methyl sites for hydroxylation is 1. The molecular weight excluding hydrogens is 338 g/mol. The molecule has 0 N–H and O–H groups in total. The zero-order valence-electron chi connectivity index (χ0n) is 16.7. The molecule has 0 spiro atoms. The van der Waals surface area contributed by atoms with Gasteiger partial charge in [0.25, 0.3) is 0 Å². The first-order chi connectivity index (χ1) is 13.1. The van der Waals surface area contributed by atoms with Gasteiger partial charge in [-0.15, -0.1) is 0 Å². The lowest BCUT2D eigenvalue weighted by Crippen LogP contribution is -2.48. The highest BCUT2D eigenvalue weighted by molar-refractivity contribution is 5.77. The fourth-order valence-corrected chi connectivity index (χ4v) is 7.04. The minimum Gasteiger partial charge on any atom is -0.361 e. The van der Waals surface area contributed by atoms with E-state index >= 15 is 0 Å². The Morgan fingerprint density at radius 3 is 2.44 bits per heavy atom. The first-order valence-electron chi connectivity index (χ1n) is 11.0. The van der Waals surface area contributed by atoms with Crippen LogP contribution >= 0.6 is 0 Å². The molecule has 5 nitrogen and oxygen atoms in total. The molecule has 0 radical (unpaired) electrons. The summed E-state index contributed by atoms with van der Waals surface area (Å²) in [6.07, 6.45) is 10.2. The number of carbonyl (C=O) groups is 1. The summed E-state index contributed by atoms with van der Waals surface area (Å²) in [7, 11) is 0. The smallest absolute Gasteiger partial charge is 0.223 e. The lowest BCUT2D eigenvalue weighted by atomic mass is 9.49. The lowest BCUT2D eigenvalue weighted by molar-refractivity contribution is -0.139. The van der Waals surface area contributed by atoms with Crippen LogP contribution in [0.25, 0.3) is 0 Å². The van der Waals surface area contributed by atoms with E-state index in [2.05, 4.69) is 15.0 Å². The van der Waals surface area contributed by atoms with Crippen molar-refractivity contribution >= 4 is 5.91 Å². The van der Waals surface area contributed by atoms with E-state index in [1.807, 2.05) is 13.0 Å². The van der Waals surface area contributed by atoms with Gasteiger partial charge in [0.05, 0.1) is 5.69 Å². The maximum atomic E-state index is 13.2. The number of aromatic nitrogens is 1. The number of hydrogen-bond donors (Lipinski definition) is 0. The highest BCUT2D eigenvalue weighted by Gasteiger charge is 2.51. The van der Waals surface area contributed by atoms with Crippen LogP contribution in [0.4, 0.5) is 0 Å². The van der Waals surface area contributed by atoms with Gasteiger partial charge in [0.2, 0.25) is 5.91 Å². The third kappa shape index (κ3) is 3.67. The van der Waals surface area contributed by atoms with Crippen LogP contribution in [0.5, 0.6) is 0 Å². The molecule has 5 aliphatic rings. The zero-order chi connectivity index (χ0) is 18.4. The highest BCUT2D eigenvalue weighted by atomic mass is 16.5. The standard InChI is InChI=1S/C22H33N3O2/c1-16-7-20(23-27-16)15-24-3-2-4-25(6-5-24)21(26)14-22-11-17-8-18(12-22)10-19(9-17)13-22/h7,17-19H,2-6,8-15H2,1H3. The van der Waals surface area contributed by atoms with E-state index in [-0.39, 0.29) is 0 Å². The number of rotatable bonds is 4. The second kappa shape index (κ2) is 6.91. The zero-order valence-corrected chi connectivity index (χ0v) is 16.7. The molecular formula is C22H33N3O2. The van der Waals surface area contributed by atoms with Crippen LogP contribution in [-0.2, 0) is 11.3 Å². The minimum atomic E-state index is 0.357. The van der Waals surface area contributed by atoms with Crippen LogP contribution in [0.15, 0.2) is 10.6 Å². The Hall–Kier alpha value is -1.36. The van der Waals surface area contributed by atoms with Crippen LogP contribution in [-0.4, -0.2) is 47.0 Å². The van der Waals surface area contributed by atoms with Crippen LogP contribution in [0, 0.1) is 30.1 Å². The summed E-state index contributed by atoms with van der Waals surface area (Å²) >= 11 is 0. The van der Waals surface area contributed by atoms with Crippen molar-refractivity contribution in [2.24, 2.45) is 23.2 Å². The monoisotopic (exact) mass is 371 g/mol. The Bertz CT molecular complexity index is 662. The van der Waals surface area contributed by atoms with Crippen molar-refractivity contribution in [1.82, 2.24) is 15.0 Å². The Morgan fingerprint density at radius 1 is 1.11 bits per heavy atom. The van der Waals surface area contributed by atoms with Crippen molar-refractivity contribution in [2.75, 3.05) is 26.2 Å². The third-order valence-electron chi connectivity index (χ3n) is 7.69. The van der Waals surface area contributed by atoms with Gasteiger partial charge in [0.1, 0.15) is 5.76 Å². The Kier molecular flexibility index (Phi) is 4.53. The number of amides is 1. The predicted molar refractivity (Wildman–Crippen MR) is 103 cm³/mol. The van der Waals surface area contributed by atoms with Crippen molar-refractivity contribution in [2.45, 2.75) is 64.8 Å². The molecule has 1 aromatic heterocycles. The van der Waals surface area contributed by atoms with Crippen molar-refractivity contribution in [3.63, 3.8) is 0 Å². The largest absolute Gasteiger partial charge is 0.361 e.